The van der Waals surface area contributed by atoms with Gasteiger partial charge in [0.15, 0.2) is 0 Å². The first kappa shape index (κ1) is 16.4. The normalized spacial score (nSPS) is 17.3. The maximum absolute atomic E-state index is 11.9. The lowest BCUT2D eigenvalue weighted by molar-refractivity contribution is -0.222. The fourth-order valence-electron chi connectivity index (χ4n) is 2.02. The van der Waals surface area contributed by atoms with E-state index in [1.165, 1.54) is 19.9 Å². The van der Waals surface area contributed by atoms with E-state index in [0.717, 1.165) is 5.56 Å². The zero-order chi connectivity index (χ0) is 16.7. The van der Waals surface area contributed by atoms with Crippen LogP contribution in [0.15, 0.2) is 17.7 Å². The van der Waals surface area contributed by atoms with E-state index in [1.54, 1.807) is 12.1 Å². The Morgan fingerprint density at radius 2 is 1.73 bits per heavy atom. The molecule has 1 aliphatic heterocycles. The summed E-state index contributed by atoms with van der Waals surface area (Å²) >= 11 is 5.99. The van der Waals surface area contributed by atoms with Crippen LogP contribution in [0.4, 0.5) is 0 Å². The number of halogens is 1. The molecule has 6 heteroatoms. The molecular weight excluding hydrogens is 308 g/mol. The van der Waals surface area contributed by atoms with Crippen molar-refractivity contribution in [1.29, 1.82) is 0 Å². The summed E-state index contributed by atoms with van der Waals surface area (Å²) in [6, 6.07) is 3.31. The molecule has 1 N–H and O–H groups in total. The smallest absolute Gasteiger partial charge is 0.348 e. The number of hydrogen-bond donors (Lipinski definition) is 1. The minimum Gasteiger partial charge on any atom is -0.506 e. The Morgan fingerprint density at radius 1 is 1.18 bits per heavy atom. The van der Waals surface area contributed by atoms with Crippen LogP contribution in [0.5, 0.6) is 5.75 Å². The van der Waals surface area contributed by atoms with Gasteiger partial charge in [0, 0.05) is 19.4 Å². The fraction of sp³-hybridized carbons (Fsp3) is 0.375. The second-order valence-electron chi connectivity index (χ2n) is 5.83. The molecule has 0 unspecified atom stereocenters. The van der Waals surface area contributed by atoms with Gasteiger partial charge < -0.3 is 14.6 Å². The van der Waals surface area contributed by atoms with E-state index in [4.69, 9.17) is 21.1 Å². The van der Waals surface area contributed by atoms with Gasteiger partial charge in [0.05, 0.1) is 5.02 Å². The van der Waals surface area contributed by atoms with E-state index in [2.05, 4.69) is 0 Å². The molecule has 0 atom stereocenters. The van der Waals surface area contributed by atoms with E-state index in [1.807, 2.05) is 13.8 Å². The third kappa shape index (κ3) is 3.25. The average Bonchev–Trinajstić information content (AvgIpc) is 2.36. The van der Waals surface area contributed by atoms with E-state index in [-0.39, 0.29) is 27.8 Å². The predicted octanol–water partition coefficient (Wildman–Crippen LogP) is 3.39. The van der Waals surface area contributed by atoms with Crippen LogP contribution in [-0.2, 0) is 19.1 Å². The summed E-state index contributed by atoms with van der Waals surface area (Å²) in [5.41, 5.74) is 0.846. The number of rotatable bonds is 2. The molecule has 118 valence electrons. The van der Waals surface area contributed by atoms with Crippen molar-refractivity contribution in [2.45, 2.75) is 39.4 Å². The zero-order valence-electron chi connectivity index (χ0n) is 12.8. The molecule has 1 aromatic carbocycles. The van der Waals surface area contributed by atoms with Gasteiger partial charge in [-0.2, -0.15) is 0 Å². The summed E-state index contributed by atoms with van der Waals surface area (Å²) in [6.45, 7) is 6.86. The Kier molecular flexibility index (Phi) is 4.20. The third-order valence-electron chi connectivity index (χ3n) is 3.20. The highest BCUT2D eigenvalue weighted by Gasteiger charge is 2.39. The molecule has 1 heterocycles. The van der Waals surface area contributed by atoms with Gasteiger partial charge in [-0.3, -0.25) is 0 Å². The van der Waals surface area contributed by atoms with E-state index in [9.17, 15) is 14.7 Å². The quantitative estimate of drug-likeness (QED) is 0.513. The van der Waals surface area contributed by atoms with Crippen molar-refractivity contribution < 1.29 is 24.2 Å². The highest BCUT2D eigenvalue weighted by atomic mass is 35.5. The number of phenolic OH excluding ortho intramolecular Hbond substituents is 1. The maximum atomic E-state index is 11.9. The van der Waals surface area contributed by atoms with Crippen molar-refractivity contribution in [2.24, 2.45) is 0 Å². The first-order chi connectivity index (χ1) is 10.1. The second-order valence-corrected chi connectivity index (χ2v) is 6.24. The van der Waals surface area contributed by atoms with Crippen molar-refractivity contribution in [3.8, 4) is 5.75 Å². The van der Waals surface area contributed by atoms with E-state index >= 15 is 0 Å². The Labute approximate surface area is 133 Å². The van der Waals surface area contributed by atoms with Crippen molar-refractivity contribution >= 4 is 29.6 Å². The molecule has 0 aliphatic carbocycles. The molecule has 1 aromatic rings. The van der Waals surface area contributed by atoms with Crippen molar-refractivity contribution in [3.05, 3.63) is 33.9 Å². The minimum absolute atomic E-state index is 0.149. The van der Waals surface area contributed by atoms with Gasteiger partial charge in [0.2, 0.25) is 0 Å². The predicted molar refractivity (Wildman–Crippen MR) is 81.4 cm³/mol. The monoisotopic (exact) mass is 324 g/mol. The van der Waals surface area contributed by atoms with Crippen molar-refractivity contribution in [1.82, 2.24) is 0 Å². The Hall–Kier alpha value is -2.01. The maximum Gasteiger partial charge on any atom is 0.348 e. The largest absolute Gasteiger partial charge is 0.506 e. The molecule has 0 amide bonds. The summed E-state index contributed by atoms with van der Waals surface area (Å²) in [6.07, 6.45) is 1.23. The van der Waals surface area contributed by atoms with Crippen LogP contribution in [-0.4, -0.2) is 22.8 Å². The first-order valence-corrected chi connectivity index (χ1v) is 7.19. The molecular formula is C16H17ClO5. The number of phenols is 1. The number of hydrogen-bond acceptors (Lipinski definition) is 5. The number of cyclic esters (lactones) is 2. The Bertz CT molecular complexity index is 651. The summed E-state index contributed by atoms with van der Waals surface area (Å²) in [7, 11) is 0. The molecule has 0 spiro atoms. The Balaban J connectivity index is 2.49. The summed E-state index contributed by atoms with van der Waals surface area (Å²) in [5, 5.41) is 10.2. The SMILES string of the molecule is CC(C)c1cc(Cl)c(O)c(C=C2C(=O)OC(C)(C)OC2=O)c1. The summed E-state index contributed by atoms with van der Waals surface area (Å²) < 4.78 is 10.0. The molecule has 0 bridgehead atoms. The van der Waals surface area contributed by atoms with Crippen LogP contribution >= 0.6 is 11.6 Å². The molecule has 1 saturated heterocycles. The number of aromatic hydroxyl groups is 1. The average molecular weight is 325 g/mol. The number of benzene rings is 1. The van der Waals surface area contributed by atoms with Gasteiger partial charge >= 0.3 is 11.9 Å². The lowest BCUT2D eigenvalue weighted by Crippen LogP contribution is -2.41. The zero-order valence-corrected chi connectivity index (χ0v) is 13.5. The lowest BCUT2D eigenvalue weighted by atomic mass is 9.99. The van der Waals surface area contributed by atoms with Crippen molar-refractivity contribution in [3.63, 3.8) is 0 Å². The fourth-order valence-corrected chi connectivity index (χ4v) is 2.25. The topological polar surface area (TPSA) is 72.8 Å². The third-order valence-corrected chi connectivity index (χ3v) is 3.49. The van der Waals surface area contributed by atoms with E-state index < -0.39 is 17.7 Å². The minimum atomic E-state index is -1.30. The van der Waals surface area contributed by atoms with Crippen LogP contribution < -0.4 is 0 Å². The van der Waals surface area contributed by atoms with Crippen LogP contribution in [0, 0.1) is 0 Å². The van der Waals surface area contributed by atoms with Crippen LogP contribution in [0.3, 0.4) is 0 Å². The molecule has 0 aromatic heterocycles. The number of carbonyl (C=O) groups excluding carboxylic acids is 2. The Morgan fingerprint density at radius 3 is 2.23 bits per heavy atom. The summed E-state index contributed by atoms with van der Waals surface area (Å²) in [5.74, 6) is -2.94. The number of carbonyl (C=O) groups is 2. The highest BCUT2D eigenvalue weighted by Crippen LogP contribution is 2.34. The molecule has 2 rings (SSSR count). The molecule has 1 fully saturated rings. The van der Waals surface area contributed by atoms with Gasteiger partial charge in [-0.1, -0.05) is 25.4 Å². The molecule has 1 aliphatic rings. The molecule has 0 radical (unpaired) electrons. The van der Waals surface area contributed by atoms with E-state index in [0.29, 0.717) is 0 Å². The molecule has 0 saturated carbocycles. The van der Waals surface area contributed by atoms with Crippen LogP contribution in [0.25, 0.3) is 6.08 Å². The molecule has 22 heavy (non-hydrogen) atoms. The summed E-state index contributed by atoms with van der Waals surface area (Å²) in [4.78, 5) is 23.9. The highest BCUT2D eigenvalue weighted by molar-refractivity contribution is 6.32. The van der Waals surface area contributed by atoms with Gasteiger partial charge in [0.25, 0.3) is 5.79 Å². The number of ether oxygens (including phenoxy) is 2. The van der Waals surface area contributed by atoms with Gasteiger partial charge in [0.1, 0.15) is 11.3 Å². The van der Waals surface area contributed by atoms with Crippen LogP contribution in [0.1, 0.15) is 44.7 Å². The van der Waals surface area contributed by atoms with Gasteiger partial charge in [-0.25, -0.2) is 9.59 Å². The van der Waals surface area contributed by atoms with Gasteiger partial charge in [-0.05, 0) is 29.7 Å². The van der Waals surface area contributed by atoms with Crippen molar-refractivity contribution in [2.75, 3.05) is 0 Å². The van der Waals surface area contributed by atoms with Gasteiger partial charge in [-0.15, -0.1) is 0 Å². The standard InChI is InChI=1S/C16H17ClO5/c1-8(2)9-5-10(13(18)12(17)7-9)6-11-14(19)21-16(3,4)22-15(11)20/h5-8,18H,1-4H3. The van der Waals surface area contributed by atoms with Crippen LogP contribution in [0.2, 0.25) is 5.02 Å². The number of esters is 2. The molecule has 5 nitrogen and oxygen atoms in total. The second kappa shape index (κ2) is 5.65. The first-order valence-electron chi connectivity index (χ1n) is 6.81. The lowest BCUT2D eigenvalue weighted by Gasteiger charge is -2.29.